The van der Waals surface area contributed by atoms with Gasteiger partial charge in [0.15, 0.2) is 0 Å². The summed E-state index contributed by atoms with van der Waals surface area (Å²) in [6, 6.07) is 1.57. The predicted molar refractivity (Wildman–Crippen MR) is 80.1 cm³/mol. The van der Waals surface area contributed by atoms with E-state index in [9.17, 15) is 8.42 Å². The first kappa shape index (κ1) is 17.2. The van der Waals surface area contributed by atoms with Crippen LogP contribution in [0.2, 0.25) is 0 Å². The Bertz CT molecular complexity index is 521. The zero-order valence-corrected chi connectivity index (χ0v) is 13.9. The number of nitrogens with one attached hydrogen (secondary N) is 1. The highest BCUT2D eigenvalue weighted by atomic mass is 32.2. The Morgan fingerprint density at radius 3 is 2.50 bits per heavy atom. The first-order chi connectivity index (χ1) is 9.34. The Labute approximate surface area is 122 Å². The van der Waals surface area contributed by atoms with Crippen LogP contribution in [0.25, 0.3) is 0 Å². The second kappa shape index (κ2) is 7.24. The van der Waals surface area contributed by atoms with Gasteiger partial charge in [-0.05, 0) is 33.7 Å². The van der Waals surface area contributed by atoms with E-state index in [0.717, 1.165) is 13.0 Å². The van der Waals surface area contributed by atoms with Crippen LogP contribution < -0.4 is 5.32 Å². The number of aryl methyl sites for hydroxylation is 1. The van der Waals surface area contributed by atoms with E-state index < -0.39 is 10.0 Å². The number of furan rings is 1. The number of nitrogens with zero attached hydrogens (tertiary/aromatic N) is 1. The first-order valence-corrected chi connectivity index (χ1v) is 8.60. The molecule has 1 aromatic heterocycles. The van der Waals surface area contributed by atoms with Crippen molar-refractivity contribution in [3.05, 3.63) is 17.6 Å². The number of hydrogen-bond donors (Lipinski definition) is 1. The normalized spacial score (nSPS) is 12.6. The third-order valence-electron chi connectivity index (χ3n) is 3.08. The van der Waals surface area contributed by atoms with Gasteiger partial charge in [0.25, 0.3) is 0 Å². The molecule has 0 aliphatic carbocycles. The molecule has 1 N–H and O–H groups in total. The molecule has 0 radical (unpaired) electrons. The highest BCUT2D eigenvalue weighted by Crippen LogP contribution is 2.25. The fourth-order valence-corrected chi connectivity index (χ4v) is 4.03. The molecule has 0 fully saturated rings. The lowest BCUT2D eigenvalue weighted by molar-refractivity contribution is 0.353. The van der Waals surface area contributed by atoms with E-state index >= 15 is 0 Å². The third-order valence-corrected chi connectivity index (χ3v) is 5.26. The van der Waals surface area contributed by atoms with Crippen LogP contribution in [0.5, 0.6) is 0 Å². The molecule has 1 heterocycles. The molecule has 0 spiro atoms. The molecule has 0 aliphatic rings. The molecule has 20 heavy (non-hydrogen) atoms. The molecule has 0 bridgehead atoms. The maximum Gasteiger partial charge on any atom is 0.246 e. The van der Waals surface area contributed by atoms with Crippen LogP contribution >= 0.6 is 0 Å². The maximum atomic E-state index is 12.7. The molecule has 0 amide bonds. The fraction of sp³-hybridized carbons (Fsp3) is 0.714. The predicted octanol–water partition coefficient (Wildman–Crippen LogP) is 2.51. The van der Waals surface area contributed by atoms with Gasteiger partial charge < -0.3 is 9.73 Å². The largest absolute Gasteiger partial charge is 0.464 e. The van der Waals surface area contributed by atoms with E-state index in [1.807, 2.05) is 27.7 Å². The molecular weight excluding hydrogens is 276 g/mol. The Hall–Kier alpha value is -0.850. The van der Waals surface area contributed by atoms with Gasteiger partial charge in [0.05, 0.1) is 6.54 Å². The summed E-state index contributed by atoms with van der Waals surface area (Å²) in [6.45, 7) is 11.3. The minimum Gasteiger partial charge on any atom is -0.464 e. The molecule has 6 heteroatoms. The summed E-state index contributed by atoms with van der Waals surface area (Å²) in [6.07, 6.45) is 0.790. The van der Waals surface area contributed by atoms with Crippen molar-refractivity contribution < 1.29 is 12.8 Å². The smallest absolute Gasteiger partial charge is 0.246 e. The summed E-state index contributed by atoms with van der Waals surface area (Å²) in [4.78, 5) is 0.285. The Morgan fingerprint density at radius 2 is 2.00 bits per heavy atom. The van der Waals surface area contributed by atoms with Gasteiger partial charge in [0, 0.05) is 18.7 Å². The lowest BCUT2D eigenvalue weighted by Gasteiger charge is -2.24. The molecule has 0 aromatic carbocycles. The Morgan fingerprint density at radius 1 is 1.35 bits per heavy atom. The van der Waals surface area contributed by atoms with Crippen molar-refractivity contribution in [1.82, 2.24) is 9.62 Å². The van der Waals surface area contributed by atoms with Crippen LogP contribution in [-0.4, -0.2) is 31.9 Å². The van der Waals surface area contributed by atoms with E-state index in [2.05, 4.69) is 5.32 Å². The number of rotatable bonds is 8. The van der Waals surface area contributed by atoms with Crippen molar-refractivity contribution in [2.75, 3.05) is 13.1 Å². The van der Waals surface area contributed by atoms with E-state index in [1.165, 1.54) is 4.31 Å². The van der Waals surface area contributed by atoms with Crippen molar-refractivity contribution in [1.29, 1.82) is 0 Å². The van der Waals surface area contributed by atoms with Crippen molar-refractivity contribution in [2.24, 2.45) is 0 Å². The summed E-state index contributed by atoms with van der Waals surface area (Å²) < 4.78 is 32.5. The second-order valence-corrected chi connectivity index (χ2v) is 6.98. The van der Waals surface area contributed by atoms with Crippen LogP contribution in [0.3, 0.4) is 0 Å². The Balaban J connectivity index is 3.10. The summed E-state index contributed by atoms with van der Waals surface area (Å²) in [5.41, 5.74) is 0. The number of hydrogen-bond acceptors (Lipinski definition) is 4. The van der Waals surface area contributed by atoms with Crippen LogP contribution in [0, 0.1) is 6.92 Å². The van der Waals surface area contributed by atoms with Gasteiger partial charge in [-0.15, -0.1) is 0 Å². The van der Waals surface area contributed by atoms with E-state index in [-0.39, 0.29) is 10.9 Å². The summed E-state index contributed by atoms with van der Waals surface area (Å²) >= 11 is 0. The summed E-state index contributed by atoms with van der Waals surface area (Å²) in [5, 5.41) is 3.13. The summed E-state index contributed by atoms with van der Waals surface area (Å²) in [5.74, 6) is 1.11. The lowest BCUT2D eigenvalue weighted by atomic mass is 10.4. The van der Waals surface area contributed by atoms with Gasteiger partial charge in [-0.2, -0.15) is 4.31 Å². The molecule has 0 saturated heterocycles. The molecule has 0 saturated carbocycles. The SMILES string of the molecule is CCCN(C(C)C)S(=O)(=O)c1cc(CNCC)oc1C. The molecule has 5 nitrogen and oxygen atoms in total. The topological polar surface area (TPSA) is 62.6 Å². The van der Waals surface area contributed by atoms with Crippen molar-refractivity contribution in [3.8, 4) is 0 Å². The van der Waals surface area contributed by atoms with Gasteiger partial charge in [-0.1, -0.05) is 13.8 Å². The lowest BCUT2D eigenvalue weighted by Crippen LogP contribution is -2.37. The highest BCUT2D eigenvalue weighted by molar-refractivity contribution is 7.89. The van der Waals surface area contributed by atoms with Crippen molar-refractivity contribution in [3.63, 3.8) is 0 Å². The first-order valence-electron chi connectivity index (χ1n) is 7.16. The summed E-state index contributed by atoms with van der Waals surface area (Å²) in [7, 11) is -3.49. The Kier molecular flexibility index (Phi) is 6.23. The zero-order chi connectivity index (χ0) is 15.3. The quantitative estimate of drug-likeness (QED) is 0.801. The van der Waals surface area contributed by atoms with Gasteiger partial charge >= 0.3 is 0 Å². The minimum absolute atomic E-state index is 0.0635. The van der Waals surface area contributed by atoms with E-state index in [4.69, 9.17) is 4.42 Å². The molecule has 0 aliphatic heterocycles. The monoisotopic (exact) mass is 302 g/mol. The molecule has 0 unspecified atom stereocenters. The van der Waals surface area contributed by atoms with Gasteiger partial charge in [0.1, 0.15) is 16.4 Å². The minimum atomic E-state index is -3.49. The van der Waals surface area contributed by atoms with Gasteiger partial charge in [0.2, 0.25) is 10.0 Å². The molecular formula is C14H26N2O3S. The van der Waals surface area contributed by atoms with Crippen molar-refractivity contribution >= 4 is 10.0 Å². The second-order valence-electron chi connectivity index (χ2n) is 5.12. The number of sulfonamides is 1. The van der Waals surface area contributed by atoms with Crippen molar-refractivity contribution in [2.45, 2.75) is 58.5 Å². The van der Waals surface area contributed by atoms with Crippen LogP contribution in [0.15, 0.2) is 15.4 Å². The van der Waals surface area contributed by atoms with Gasteiger partial charge in [-0.25, -0.2) is 8.42 Å². The molecule has 0 atom stereocenters. The van der Waals surface area contributed by atoms with E-state index in [0.29, 0.717) is 24.6 Å². The van der Waals surface area contributed by atoms with E-state index in [1.54, 1.807) is 13.0 Å². The van der Waals surface area contributed by atoms with Crippen LogP contribution in [0.1, 0.15) is 45.6 Å². The maximum absolute atomic E-state index is 12.7. The van der Waals surface area contributed by atoms with Crippen LogP contribution in [-0.2, 0) is 16.6 Å². The third kappa shape index (κ3) is 3.84. The van der Waals surface area contributed by atoms with Crippen LogP contribution in [0.4, 0.5) is 0 Å². The molecule has 1 rings (SSSR count). The zero-order valence-electron chi connectivity index (χ0n) is 13.1. The fourth-order valence-electron chi connectivity index (χ4n) is 2.12. The molecule has 1 aromatic rings. The highest BCUT2D eigenvalue weighted by Gasteiger charge is 2.30. The van der Waals surface area contributed by atoms with Gasteiger partial charge in [-0.3, -0.25) is 0 Å². The average molecular weight is 302 g/mol. The standard InChI is InChI=1S/C14H26N2O3S/c1-6-8-16(11(3)4)20(17,18)14-9-13(10-15-7-2)19-12(14)5/h9,11,15H,6-8,10H2,1-5H3. The average Bonchev–Trinajstić information content (AvgIpc) is 2.74. The molecule has 116 valence electrons.